The summed E-state index contributed by atoms with van der Waals surface area (Å²) in [6.45, 7) is 7.02. The van der Waals surface area contributed by atoms with Crippen LogP contribution in [-0.2, 0) is 0 Å². The SMILES string of the molecule is CCN(CCO)CCCOc1cc2ncnc(Nc3ccc4sc(C(=O)Nc5c(C)cccc5Cl)cc4c3)c2cc1OC. The number of aliphatic hydroxyl groups excluding tert-OH is 1. The van der Waals surface area contributed by atoms with Gasteiger partial charge < -0.3 is 30.1 Å². The van der Waals surface area contributed by atoms with Crippen LogP contribution in [0.4, 0.5) is 17.2 Å². The van der Waals surface area contributed by atoms with Crippen LogP contribution in [0.2, 0.25) is 5.02 Å². The monoisotopic (exact) mass is 619 g/mol. The van der Waals surface area contributed by atoms with Crippen molar-refractivity contribution in [3.63, 3.8) is 0 Å². The summed E-state index contributed by atoms with van der Waals surface area (Å²) in [5, 5.41) is 17.8. The van der Waals surface area contributed by atoms with Gasteiger partial charge >= 0.3 is 0 Å². The second kappa shape index (κ2) is 14.0. The number of thiophene rings is 1. The highest BCUT2D eigenvalue weighted by atomic mass is 35.5. The Hall–Kier alpha value is -3.96. The summed E-state index contributed by atoms with van der Waals surface area (Å²) in [4.78, 5) is 24.7. The number of methoxy groups -OCH3 is 1. The van der Waals surface area contributed by atoms with Crippen LogP contribution in [0.15, 0.2) is 60.9 Å². The van der Waals surface area contributed by atoms with E-state index < -0.39 is 0 Å². The molecule has 0 radical (unpaired) electrons. The molecule has 5 rings (SSSR count). The number of carbonyl (C=O) groups is 1. The number of halogens is 1. The first-order chi connectivity index (χ1) is 20.9. The third-order valence-corrected chi connectivity index (χ3v) is 8.55. The standard InChI is InChI=1S/C32H34ClN5O4S/c1-4-38(12-13-39)11-6-14-42-27-18-25-23(17-26(27)41-3)31(35-19-34-25)36-22-9-10-28-21(15-22)16-29(43-28)32(40)37-30-20(2)7-5-8-24(30)33/h5,7-10,15-19,39H,4,6,11-14H2,1-3H3,(H,37,40)(H,34,35,36). The molecule has 0 saturated heterocycles. The lowest BCUT2D eigenvalue weighted by atomic mass is 10.2. The van der Waals surface area contributed by atoms with Crippen LogP contribution in [0.5, 0.6) is 11.5 Å². The van der Waals surface area contributed by atoms with Gasteiger partial charge in [-0.15, -0.1) is 11.3 Å². The number of fused-ring (bicyclic) bond motifs is 2. The lowest BCUT2D eigenvalue weighted by Crippen LogP contribution is -2.28. The molecule has 5 aromatic rings. The Morgan fingerprint density at radius 1 is 1.09 bits per heavy atom. The summed E-state index contributed by atoms with van der Waals surface area (Å²) in [5.41, 5.74) is 3.06. The first kappa shape index (κ1) is 30.5. The average Bonchev–Trinajstić information content (AvgIpc) is 3.44. The Balaban J connectivity index is 1.32. The van der Waals surface area contributed by atoms with Gasteiger partial charge in [0.05, 0.1) is 41.4 Å². The molecule has 0 fully saturated rings. The average molecular weight is 620 g/mol. The van der Waals surface area contributed by atoms with E-state index in [0.717, 1.165) is 46.2 Å². The van der Waals surface area contributed by atoms with Crippen LogP contribution in [-0.4, -0.2) is 65.8 Å². The van der Waals surface area contributed by atoms with E-state index in [-0.39, 0.29) is 12.5 Å². The van der Waals surface area contributed by atoms with Crippen molar-refractivity contribution in [1.82, 2.24) is 14.9 Å². The number of anilines is 3. The van der Waals surface area contributed by atoms with Crippen LogP contribution in [0.1, 0.15) is 28.6 Å². The Morgan fingerprint density at radius 3 is 2.72 bits per heavy atom. The summed E-state index contributed by atoms with van der Waals surface area (Å²) in [7, 11) is 1.61. The normalized spacial score (nSPS) is 11.3. The Morgan fingerprint density at radius 2 is 1.95 bits per heavy atom. The van der Waals surface area contributed by atoms with Crippen molar-refractivity contribution in [2.75, 3.05) is 50.6 Å². The Bertz CT molecular complexity index is 1720. The number of likely N-dealkylation sites (N-methyl/N-ethyl adjacent to an activating group) is 1. The van der Waals surface area contributed by atoms with Crippen molar-refractivity contribution in [2.24, 2.45) is 0 Å². The quantitative estimate of drug-likeness (QED) is 0.122. The molecule has 0 bridgehead atoms. The van der Waals surface area contributed by atoms with E-state index in [1.54, 1.807) is 13.2 Å². The number of aliphatic hydroxyl groups is 1. The minimum atomic E-state index is -0.202. The van der Waals surface area contributed by atoms with Crippen molar-refractivity contribution in [1.29, 1.82) is 0 Å². The molecule has 0 spiro atoms. The maximum Gasteiger partial charge on any atom is 0.265 e. The second-order valence-corrected chi connectivity index (χ2v) is 11.5. The maximum absolute atomic E-state index is 13.0. The van der Waals surface area contributed by atoms with Gasteiger partial charge in [-0.05, 0) is 67.2 Å². The van der Waals surface area contributed by atoms with Gasteiger partial charge in [-0.1, -0.05) is 30.7 Å². The topological polar surface area (TPSA) is 109 Å². The van der Waals surface area contributed by atoms with Crippen molar-refractivity contribution < 1.29 is 19.4 Å². The van der Waals surface area contributed by atoms with Gasteiger partial charge in [-0.25, -0.2) is 9.97 Å². The van der Waals surface area contributed by atoms with Crippen molar-refractivity contribution in [3.05, 3.63) is 76.4 Å². The fourth-order valence-electron chi connectivity index (χ4n) is 4.81. The first-order valence-corrected chi connectivity index (χ1v) is 15.3. The Labute approximate surface area is 259 Å². The summed E-state index contributed by atoms with van der Waals surface area (Å²) in [5.74, 6) is 1.62. The van der Waals surface area contributed by atoms with Crippen LogP contribution < -0.4 is 20.1 Å². The summed E-state index contributed by atoms with van der Waals surface area (Å²) in [6, 6.07) is 17.1. The van der Waals surface area contributed by atoms with Crippen molar-refractivity contribution in [2.45, 2.75) is 20.3 Å². The molecule has 3 aromatic carbocycles. The molecule has 11 heteroatoms. The number of ether oxygens (including phenoxy) is 2. The summed E-state index contributed by atoms with van der Waals surface area (Å²) < 4.78 is 12.7. The fraction of sp³-hybridized carbons (Fsp3) is 0.281. The van der Waals surface area contributed by atoms with Gasteiger partial charge in [-0.3, -0.25) is 4.79 Å². The molecule has 0 atom stereocenters. The van der Waals surface area contributed by atoms with Gasteiger partial charge in [0.15, 0.2) is 11.5 Å². The predicted molar refractivity (Wildman–Crippen MR) is 175 cm³/mol. The smallest absolute Gasteiger partial charge is 0.265 e. The second-order valence-electron chi connectivity index (χ2n) is 9.98. The van der Waals surface area contributed by atoms with Gasteiger partial charge in [0.25, 0.3) is 5.91 Å². The molecule has 2 aromatic heterocycles. The molecule has 9 nitrogen and oxygen atoms in total. The summed E-state index contributed by atoms with van der Waals surface area (Å²) in [6.07, 6.45) is 2.33. The van der Waals surface area contributed by atoms with Crippen LogP contribution in [0.25, 0.3) is 21.0 Å². The number of para-hydroxylation sites is 1. The highest BCUT2D eigenvalue weighted by Gasteiger charge is 2.16. The third kappa shape index (κ3) is 7.17. The molecule has 0 unspecified atom stereocenters. The number of hydrogen-bond acceptors (Lipinski definition) is 9. The lowest BCUT2D eigenvalue weighted by Gasteiger charge is -2.19. The van der Waals surface area contributed by atoms with Crippen LogP contribution in [0, 0.1) is 6.92 Å². The number of aryl methyl sites for hydroxylation is 1. The van der Waals surface area contributed by atoms with Crippen molar-refractivity contribution >= 4 is 67.0 Å². The molecule has 2 heterocycles. The van der Waals surface area contributed by atoms with E-state index in [1.807, 2.05) is 55.5 Å². The zero-order valence-electron chi connectivity index (χ0n) is 24.3. The molecule has 3 N–H and O–H groups in total. The van der Waals surface area contributed by atoms with Crippen LogP contribution in [0.3, 0.4) is 0 Å². The minimum Gasteiger partial charge on any atom is -0.493 e. The number of carbonyl (C=O) groups excluding carboxylic acids is 1. The largest absolute Gasteiger partial charge is 0.493 e. The molecule has 43 heavy (non-hydrogen) atoms. The van der Waals surface area contributed by atoms with Gasteiger partial charge in [0, 0.05) is 34.9 Å². The molecule has 224 valence electrons. The predicted octanol–water partition coefficient (Wildman–Crippen LogP) is 6.89. The zero-order valence-corrected chi connectivity index (χ0v) is 25.9. The molecule has 1 amide bonds. The number of nitrogens with zero attached hydrogens (tertiary/aromatic N) is 3. The lowest BCUT2D eigenvalue weighted by molar-refractivity contribution is 0.103. The van der Waals surface area contributed by atoms with E-state index in [4.69, 9.17) is 21.1 Å². The van der Waals surface area contributed by atoms with Gasteiger partial charge in [0.1, 0.15) is 12.1 Å². The number of rotatable bonds is 13. The first-order valence-electron chi connectivity index (χ1n) is 14.1. The fourth-order valence-corrected chi connectivity index (χ4v) is 6.02. The van der Waals surface area contributed by atoms with Gasteiger partial charge in [-0.2, -0.15) is 0 Å². The van der Waals surface area contributed by atoms with E-state index >= 15 is 0 Å². The van der Waals surface area contributed by atoms with E-state index in [0.29, 0.717) is 51.6 Å². The van der Waals surface area contributed by atoms with Crippen LogP contribution >= 0.6 is 22.9 Å². The highest BCUT2D eigenvalue weighted by molar-refractivity contribution is 7.20. The minimum absolute atomic E-state index is 0.146. The van der Waals surface area contributed by atoms with E-state index in [1.165, 1.54) is 17.7 Å². The van der Waals surface area contributed by atoms with Crippen molar-refractivity contribution in [3.8, 4) is 11.5 Å². The molecule has 0 aliphatic rings. The highest BCUT2D eigenvalue weighted by Crippen LogP contribution is 2.36. The molecule has 0 saturated carbocycles. The zero-order chi connectivity index (χ0) is 30.3. The number of amides is 1. The molecular weight excluding hydrogens is 586 g/mol. The van der Waals surface area contributed by atoms with E-state index in [9.17, 15) is 9.90 Å². The number of hydrogen-bond donors (Lipinski definition) is 3. The van der Waals surface area contributed by atoms with E-state index in [2.05, 4.69) is 32.4 Å². The van der Waals surface area contributed by atoms with Gasteiger partial charge in [0.2, 0.25) is 0 Å². The molecule has 0 aliphatic heterocycles. The number of nitrogens with one attached hydrogen (secondary N) is 2. The molecular formula is C32H34ClN5O4S. The Kier molecular flexibility index (Phi) is 9.93. The maximum atomic E-state index is 13.0. The number of aromatic nitrogens is 2. The summed E-state index contributed by atoms with van der Waals surface area (Å²) >= 11 is 7.73. The third-order valence-electron chi connectivity index (χ3n) is 7.12. The number of benzene rings is 3. The molecule has 0 aliphatic carbocycles.